The average molecular weight is 589 g/mol. The van der Waals surface area contributed by atoms with Gasteiger partial charge in [0.1, 0.15) is 11.5 Å². The van der Waals surface area contributed by atoms with Crippen LogP contribution in [0.1, 0.15) is 73.2 Å². The first-order valence-corrected chi connectivity index (χ1v) is 14.6. The van der Waals surface area contributed by atoms with E-state index in [1.165, 1.54) is 7.11 Å². The molecule has 2 unspecified atom stereocenters. The van der Waals surface area contributed by atoms with Gasteiger partial charge >= 0.3 is 6.09 Å². The zero-order chi connectivity index (χ0) is 31.7. The van der Waals surface area contributed by atoms with Gasteiger partial charge in [-0.3, -0.25) is 0 Å². The third-order valence-corrected chi connectivity index (χ3v) is 6.40. The van der Waals surface area contributed by atoms with Crippen LogP contribution in [-0.2, 0) is 4.74 Å². The second kappa shape index (κ2) is 17.7. The number of hydrogen-bond acceptors (Lipinski definition) is 5. The van der Waals surface area contributed by atoms with Crippen molar-refractivity contribution in [2.75, 3.05) is 20.3 Å². The van der Waals surface area contributed by atoms with Gasteiger partial charge < -0.3 is 25.3 Å². The number of rotatable bonds is 7. The Bertz CT molecular complexity index is 1570. The first kappa shape index (κ1) is 33.3. The van der Waals surface area contributed by atoms with Crippen molar-refractivity contribution in [3.63, 3.8) is 0 Å². The van der Waals surface area contributed by atoms with Crippen molar-refractivity contribution in [2.24, 2.45) is 5.73 Å². The summed E-state index contributed by atoms with van der Waals surface area (Å²) in [5.41, 5.74) is 11.7. The number of carbonyl (C=O) groups is 1. The topological polar surface area (TPSA) is 82.8 Å². The normalized spacial score (nSPS) is 11.1. The van der Waals surface area contributed by atoms with Crippen LogP contribution >= 0.6 is 0 Å². The minimum Gasteiger partial charge on any atom is -0.494 e. The van der Waals surface area contributed by atoms with Gasteiger partial charge in [-0.15, -0.1) is 0 Å². The molecule has 0 saturated heterocycles. The number of amides is 1. The molecule has 0 spiro atoms. The van der Waals surface area contributed by atoms with Crippen molar-refractivity contribution in [2.45, 2.75) is 39.8 Å². The van der Waals surface area contributed by atoms with Crippen LogP contribution in [0.4, 0.5) is 4.79 Å². The van der Waals surface area contributed by atoms with Crippen LogP contribution in [0.3, 0.4) is 0 Å². The highest BCUT2D eigenvalue weighted by molar-refractivity contribution is 5.67. The van der Waals surface area contributed by atoms with Gasteiger partial charge in [0.2, 0.25) is 0 Å². The number of nitrogens with two attached hydrogens (primary N) is 1. The fourth-order valence-corrected chi connectivity index (χ4v) is 3.94. The number of nitrogens with one attached hydrogen (secondary N) is 1. The van der Waals surface area contributed by atoms with Crippen LogP contribution in [0.15, 0.2) is 97.1 Å². The molecule has 44 heavy (non-hydrogen) atoms. The Hall–Kier alpha value is -5.17. The lowest BCUT2D eigenvalue weighted by Crippen LogP contribution is -2.26. The van der Waals surface area contributed by atoms with Crippen molar-refractivity contribution in [3.05, 3.63) is 130 Å². The van der Waals surface area contributed by atoms with Crippen LogP contribution in [0.2, 0.25) is 0 Å². The van der Waals surface area contributed by atoms with Crippen LogP contribution in [-0.4, -0.2) is 26.4 Å². The molecule has 3 N–H and O–H groups in total. The fourth-order valence-electron chi connectivity index (χ4n) is 3.94. The van der Waals surface area contributed by atoms with E-state index < -0.39 is 6.09 Å². The molecule has 6 heteroatoms. The van der Waals surface area contributed by atoms with Crippen molar-refractivity contribution < 1.29 is 19.0 Å². The highest BCUT2D eigenvalue weighted by atomic mass is 16.5. The molecular weight excluding hydrogens is 548 g/mol. The molecule has 0 saturated carbocycles. The molecule has 1 amide bonds. The molecule has 0 aliphatic rings. The molecule has 4 aromatic rings. The monoisotopic (exact) mass is 588 g/mol. The number of alkyl carbamates (subject to hydrolysis) is 1. The predicted octanol–water partition coefficient (Wildman–Crippen LogP) is 7.41. The van der Waals surface area contributed by atoms with Crippen LogP contribution in [0.5, 0.6) is 11.5 Å². The summed E-state index contributed by atoms with van der Waals surface area (Å²) in [4.78, 5) is 11.2. The van der Waals surface area contributed by atoms with Gasteiger partial charge in [0.25, 0.3) is 0 Å². The van der Waals surface area contributed by atoms with Crippen molar-refractivity contribution in [3.8, 4) is 35.2 Å². The first-order chi connectivity index (χ1) is 21.3. The zero-order valence-electron chi connectivity index (χ0n) is 26.0. The molecule has 4 aromatic carbocycles. The molecule has 0 fully saturated rings. The lowest BCUT2D eigenvalue weighted by molar-refractivity contribution is 0.167. The summed E-state index contributed by atoms with van der Waals surface area (Å²) in [6.45, 7) is 9.13. The molecule has 0 aliphatic heterocycles. The molecule has 226 valence electrons. The Morgan fingerprint density at radius 2 is 0.977 bits per heavy atom. The van der Waals surface area contributed by atoms with Gasteiger partial charge in [-0.05, 0) is 112 Å². The quantitative estimate of drug-likeness (QED) is 0.220. The number of methoxy groups -OCH3 is 1. The Morgan fingerprint density at radius 3 is 1.30 bits per heavy atom. The molecule has 0 aromatic heterocycles. The third-order valence-electron chi connectivity index (χ3n) is 6.40. The van der Waals surface area contributed by atoms with E-state index >= 15 is 0 Å². The summed E-state index contributed by atoms with van der Waals surface area (Å²) in [6, 6.07) is 31.3. The maximum atomic E-state index is 11.2. The Balaban J connectivity index is 0.000000244. The fraction of sp³-hybridized carbons (Fsp3) is 0.237. The second-order valence-corrected chi connectivity index (χ2v) is 9.81. The highest BCUT2D eigenvalue weighted by Gasteiger charge is 2.08. The molecule has 4 rings (SSSR count). The van der Waals surface area contributed by atoms with Crippen molar-refractivity contribution >= 4 is 6.09 Å². The maximum Gasteiger partial charge on any atom is 0.407 e. The summed E-state index contributed by atoms with van der Waals surface area (Å²) in [6.07, 6.45) is -0.443. The molecule has 2 atom stereocenters. The summed E-state index contributed by atoms with van der Waals surface area (Å²) < 4.78 is 15.4. The first-order valence-electron chi connectivity index (χ1n) is 14.6. The van der Waals surface area contributed by atoms with E-state index in [1.807, 2.05) is 125 Å². The summed E-state index contributed by atoms with van der Waals surface area (Å²) in [7, 11) is 1.35. The highest BCUT2D eigenvalue weighted by Crippen LogP contribution is 2.15. The maximum absolute atomic E-state index is 11.2. The van der Waals surface area contributed by atoms with Gasteiger partial charge in [-0.1, -0.05) is 47.9 Å². The zero-order valence-corrected chi connectivity index (χ0v) is 26.0. The van der Waals surface area contributed by atoms with Crippen molar-refractivity contribution in [1.29, 1.82) is 0 Å². The molecule has 0 aliphatic carbocycles. The van der Waals surface area contributed by atoms with Gasteiger partial charge in [-0.25, -0.2) is 4.79 Å². The third kappa shape index (κ3) is 11.2. The molecule has 0 heterocycles. The number of ether oxygens (including phenoxy) is 3. The SMILES string of the molecule is CCOc1ccc(C#Cc2ccc(C(C)N)cc2)cc1.CCOc1ccc(C#Cc2ccc(C(C)NC(=O)OC)cc2)cc1. The van der Waals surface area contributed by atoms with E-state index in [2.05, 4.69) is 33.7 Å². The van der Waals surface area contributed by atoms with Crippen LogP contribution in [0, 0.1) is 23.7 Å². The lowest BCUT2D eigenvalue weighted by Gasteiger charge is -2.13. The van der Waals surface area contributed by atoms with Crippen LogP contribution in [0.25, 0.3) is 0 Å². The largest absolute Gasteiger partial charge is 0.494 e. The standard InChI is InChI=1S/C20H21NO3.C18H19NO/c1-4-24-19-13-9-17(10-14-19)6-5-16-7-11-18(12-8-16)15(2)21-20(22)23-3;1-3-20-18-12-8-16(9-13-18)5-4-15-6-10-17(11-7-15)14(2)19/h7-15H,4H2,1-3H3,(H,21,22);6-14H,3,19H2,1-2H3. The van der Waals surface area contributed by atoms with Crippen LogP contribution < -0.4 is 20.5 Å². The molecule has 0 radical (unpaired) electrons. The number of carbonyl (C=O) groups excluding carboxylic acids is 1. The van der Waals surface area contributed by atoms with Gasteiger partial charge in [0.05, 0.1) is 26.4 Å². The second-order valence-electron chi connectivity index (χ2n) is 9.81. The van der Waals surface area contributed by atoms with E-state index in [1.54, 1.807) is 0 Å². The Labute approximate surface area is 261 Å². The van der Waals surface area contributed by atoms with Crippen molar-refractivity contribution in [1.82, 2.24) is 5.32 Å². The minimum atomic E-state index is -0.443. The predicted molar refractivity (Wildman–Crippen MR) is 177 cm³/mol. The number of hydrogen-bond donors (Lipinski definition) is 2. The smallest absolute Gasteiger partial charge is 0.407 e. The lowest BCUT2D eigenvalue weighted by atomic mass is 10.1. The van der Waals surface area contributed by atoms with E-state index in [9.17, 15) is 4.79 Å². The van der Waals surface area contributed by atoms with E-state index in [-0.39, 0.29) is 12.1 Å². The van der Waals surface area contributed by atoms with Gasteiger partial charge in [-0.2, -0.15) is 0 Å². The molecule has 0 bridgehead atoms. The van der Waals surface area contributed by atoms with Gasteiger partial charge in [0.15, 0.2) is 0 Å². The Kier molecular flexibility index (Phi) is 13.4. The average Bonchev–Trinajstić information content (AvgIpc) is 3.05. The van der Waals surface area contributed by atoms with Gasteiger partial charge in [0, 0.05) is 28.3 Å². The van der Waals surface area contributed by atoms with E-state index in [0.29, 0.717) is 13.2 Å². The summed E-state index contributed by atoms with van der Waals surface area (Å²) >= 11 is 0. The summed E-state index contributed by atoms with van der Waals surface area (Å²) in [5, 5.41) is 2.73. The molecular formula is C38H40N2O4. The molecule has 6 nitrogen and oxygen atoms in total. The minimum absolute atomic E-state index is 0.0584. The number of benzene rings is 4. The van der Waals surface area contributed by atoms with E-state index in [0.717, 1.165) is 44.9 Å². The Morgan fingerprint density at radius 1 is 0.636 bits per heavy atom. The van der Waals surface area contributed by atoms with E-state index in [4.69, 9.17) is 15.2 Å². The summed E-state index contributed by atoms with van der Waals surface area (Å²) in [5.74, 6) is 14.3.